The summed E-state index contributed by atoms with van der Waals surface area (Å²) in [5.74, 6) is 0.496. The second-order valence-corrected chi connectivity index (χ2v) is 5.02. The van der Waals surface area contributed by atoms with E-state index in [0.717, 1.165) is 5.56 Å². The van der Waals surface area contributed by atoms with E-state index < -0.39 is 0 Å². The molecule has 1 heterocycles. The molecule has 0 unspecified atom stereocenters. The van der Waals surface area contributed by atoms with Crippen molar-refractivity contribution in [1.29, 1.82) is 0 Å². The molecule has 1 aromatic carbocycles. The molecule has 0 aliphatic carbocycles. The van der Waals surface area contributed by atoms with Crippen LogP contribution in [0.5, 0.6) is 5.75 Å². The van der Waals surface area contributed by atoms with Gasteiger partial charge in [0.2, 0.25) is 0 Å². The molecule has 0 atom stereocenters. The molecule has 0 bridgehead atoms. The summed E-state index contributed by atoms with van der Waals surface area (Å²) in [6.45, 7) is 0.239. The van der Waals surface area contributed by atoms with Gasteiger partial charge in [0.25, 0.3) is 0 Å². The predicted octanol–water partition coefficient (Wildman–Crippen LogP) is 5.27. The van der Waals surface area contributed by atoms with Crippen LogP contribution in [0.15, 0.2) is 30.5 Å². The molecule has 0 saturated heterocycles. The van der Waals surface area contributed by atoms with Gasteiger partial charge in [-0.3, -0.25) is 0 Å². The van der Waals surface area contributed by atoms with Crippen molar-refractivity contribution < 1.29 is 4.74 Å². The normalized spacial score (nSPS) is 10.4. The van der Waals surface area contributed by atoms with Gasteiger partial charge in [0.15, 0.2) is 0 Å². The third-order valence-electron chi connectivity index (χ3n) is 2.20. The first kappa shape index (κ1) is 13.8. The van der Waals surface area contributed by atoms with Gasteiger partial charge >= 0.3 is 0 Å². The van der Waals surface area contributed by atoms with E-state index in [9.17, 15) is 0 Å². The van der Waals surface area contributed by atoms with Crippen molar-refractivity contribution in [3.63, 3.8) is 0 Å². The standard InChI is InChI=1S/C12H7Cl4NO/c13-8-2-1-3-10(12(8)16)18-6-7-5-17-11(15)4-9(7)14/h1-5H,6H2. The number of benzene rings is 1. The number of hydrogen-bond donors (Lipinski definition) is 0. The smallest absolute Gasteiger partial charge is 0.139 e. The molecule has 18 heavy (non-hydrogen) atoms. The van der Waals surface area contributed by atoms with Gasteiger partial charge in [0.1, 0.15) is 22.5 Å². The van der Waals surface area contributed by atoms with Gasteiger partial charge in [-0.05, 0) is 18.2 Å². The van der Waals surface area contributed by atoms with E-state index in [-0.39, 0.29) is 6.61 Å². The number of hydrogen-bond acceptors (Lipinski definition) is 2. The summed E-state index contributed by atoms with van der Waals surface area (Å²) in [5.41, 5.74) is 0.720. The predicted molar refractivity (Wildman–Crippen MR) is 75.1 cm³/mol. The molecule has 0 saturated carbocycles. The van der Waals surface area contributed by atoms with E-state index in [4.69, 9.17) is 51.1 Å². The number of rotatable bonds is 3. The fourth-order valence-corrected chi connectivity index (χ4v) is 2.06. The van der Waals surface area contributed by atoms with Crippen LogP contribution in [0.4, 0.5) is 0 Å². The minimum absolute atomic E-state index is 0.239. The summed E-state index contributed by atoms with van der Waals surface area (Å²) < 4.78 is 5.54. The van der Waals surface area contributed by atoms with Gasteiger partial charge < -0.3 is 4.74 Å². The van der Waals surface area contributed by atoms with Gasteiger partial charge in [-0.15, -0.1) is 0 Å². The van der Waals surface area contributed by atoms with Gasteiger partial charge in [0.05, 0.1) is 10.0 Å². The fourth-order valence-electron chi connectivity index (χ4n) is 1.29. The molecular weight excluding hydrogens is 316 g/mol. The maximum Gasteiger partial charge on any atom is 0.139 e. The largest absolute Gasteiger partial charge is 0.487 e. The molecule has 2 nitrogen and oxygen atoms in total. The Bertz CT molecular complexity index is 574. The third-order valence-corrected chi connectivity index (χ3v) is 3.56. The van der Waals surface area contributed by atoms with Crippen molar-refractivity contribution in [2.45, 2.75) is 6.61 Å². The van der Waals surface area contributed by atoms with E-state index >= 15 is 0 Å². The Balaban J connectivity index is 2.14. The zero-order chi connectivity index (χ0) is 13.1. The number of pyridine rings is 1. The van der Waals surface area contributed by atoms with Gasteiger partial charge in [-0.2, -0.15) is 0 Å². The SMILES string of the molecule is Clc1cc(Cl)c(COc2cccc(Cl)c2Cl)cn1. The summed E-state index contributed by atoms with van der Waals surface area (Å²) in [4.78, 5) is 3.93. The molecule has 0 amide bonds. The number of aromatic nitrogens is 1. The van der Waals surface area contributed by atoms with E-state index in [1.807, 2.05) is 0 Å². The first-order chi connectivity index (χ1) is 8.58. The van der Waals surface area contributed by atoms with Crippen LogP contribution in [0.25, 0.3) is 0 Å². The number of ether oxygens (including phenoxy) is 1. The zero-order valence-corrected chi connectivity index (χ0v) is 12.0. The van der Waals surface area contributed by atoms with Crippen molar-refractivity contribution in [3.05, 3.63) is 56.2 Å². The third kappa shape index (κ3) is 3.21. The van der Waals surface area contributed by atoms with Crippen LogP contribution in [0.1, 0.15) is 5.56 Å². The second kappa shape index (κ2) is 5.98. The molecule has 1 aromatic heterocycles. The molecule has 6 heteroatoms. The van der Waals surface area contributed by atoms with Gasteiger partial charge in [-0.25, -0.2) is 4.98 Å². The molecule has 0 fully saturated rings. The summed E-state index contributed by atoms with van der Waals surface area (Å²) in [6.07, 6.45) is 1.56. The van der Waals surface area contributed by atoms with Crippen molar-refractivity contribution in [2.75, 3.05) is 0 Å². The Morgan fingerprint density at radius 3 is 2.56 bits per heavy atom. The highest BCUT2D eigenvalue weighted by Gasteiger charge is 2.07. The van der Waals surface area contributed by atoms with Crippen LogP contribution in [-0.2, 0) is 6.61 Å². The van der Waals surface area contributed by atoms with E-state index in [1.54, 1.807) is 30.5 Å². The van der Waals surface area contributed by atoms with E-state index in [0.29, 0.717) is 26.0 Å². The zero-order valence-electron chi connectivity index (χ0n) is 8.96. The maximum absolute atomic E-state index is 6.00. The lowest BCUT2D eigenvalue weighted by atomic mass is 10.3. The minimum Gasteiger partial charge on any atom is -0.487 e. The molecule has 0 spiro atoms. The second-order valence-electron chi connectivity index (χ2n) is 3.44. The Labute approximate surface area is 124 Å². The number of nitrogens with zero attached hydrogens (tertiary/aromatic N) is 1. The quantitative estimate of drug-likeness (QED) is 0.718. The summed E-state index contributed by atoms with van der Waals surface area (Å²) >= 11 is 23.6. The summed E-state index contributed by atoms with van der Waals surface area (Å²) in [5, 5.41) is 1.64. The van der Waals surface area contributed by atoms with Crippen LogP contribution in [0.2, 0.25) is 20.2 Å². The summed E-state index contributed by atoms with van der Waals surface area (Å²) in [7, 11) is 0. The highest BCUT2D eigenvalue weighted by Crippen LogP contribution is 2.32. The van der Waals surface area contributed by atoms with Crippen molar-refractivity contribution in [1.82, 2.24) is 4.98 Å². The molecule has 0 aliphatic heterocycles. The van der Waals surface area contributed by atoms with Crippen LogP contribution >= 0.6 is 46.4 Å². The lowest BCUT2D eigenvalue weighted by molar-refractivity contribution is 0.306. The Morgan fingerprint density at radius 2 is 1.83 bits per heavy atom. The van der Waals surface area contributed by atoms with Crippen molar-refractivity contribution in [2.24, 2.45) is 0 Å². The minimum atomic E-state index is 0.239. The first-order valence-electron chi connectivity index (χ1n) is 4.94. The highest BCUT2D eigenvalue weighted by molar-refractivity contribution is 6.42. The average molecular weight is 323 g/mol. The average Bonchev–Trinajstić information content (AvgIpc) is 2.33. The van der Waals surface area contributed by atoms with E-state index in [1.165, 1.54) is 0 Å². The number of halogens is 4. The van der Waals surface area contributed by atoms with Gasteiger partial charge in [-0.1, -0.05) is 52.5 Å². The lowest BCUT2D eigenvalue weighted by Crippen LogP contribution is -1.98. The highest BCUT2D eigenvalue weighted by atomic mass is 35.5. The van der Waals surface area contributed by atoms with Crippen LogP contribution in [0, 0.1) is 0 Å². The Kier molecular flexibility index (Phi) is 4.57. The van der Waals surface area contributed by atoms with Crippen LogP contribution < -0.4 is 4.74 Å². The monoisotopic (exact) mass is 321 g/mol. The Morgan fingerprint density at radius 1 is 1.06 bits per heavy atom. The molecule has 0 radical (unpaired) electrons. The van der Waals surface area contributed by atoms with Crippen molar-refractivity contribution in [3.8, 4) is 5.75 Å². The first-order valence-corrected chi connectivity index (χ1v) is 6.46. The van der Waals surface area contributed by atoms with Crippen LogP contribution in [0.3, 0.4) is 0 Å². The molecule has 0 N–H and O–H groups in total. The van der Waals surface area contributed by atoms with E-state index in [2.05, 4.69) is 4.98 Å². The molecule has 2 aromatic rings. The molecular formula is C12H7Cl4NO. The van der Waals surface area contributed by atoms with Gasteiger partial charge in [0, 0.05) is 11.8 Å². The maximum atomic E-state index is 6.00. The topological polar surface area (TPSA) is 22.1 Å². The molecule has 94 valence electrons. The summed E-state index contributed by atoms with van der Waals surface area (Å²) in [6, 6.07) is 6.73. The fraction of sp³-hybridized carbons (Fsp3) is 0.0833. The van der Waals surface area contributed by atoms with Crippen LogP contribution in [-0.4, -0.2) is 4.98 Å². The van der Waals surface area contributed by atoms with Crippen molar-refractivity contribution >= 4 is 46.4 Å². The lowest BCUT2D eigenvalue weighted by Gasteiger charge is -2.09. The molecule has 2 rings (SSSR count). The Hall–Kier alpha value is -0.670. The molecule has 0 aliphatic rings.